The van der Waals surface area contributed by atoms with Crippen LogP contribution in [0.3, 0.4) is 0 Å². The second-order valence-electron chi connectivity index (χ2n) is 4.18. The van der Waals surface area contributed by atoms with E-state index in [4.69, 9.17) is 9.84 Å². The number of hydrogen-bond donors (Lipinski definition) is 1. The van der Waals surface area contributed by atoms with E-state index in [0.29, 0.717) is 17.9 Å². The Kier molecular flexibility index (Phi) is 4.87. The number of rotatable bonds is 6. The number of benzene rings is 1. The van der Waals surface area contributed by atoms with Crippen molar-refractivity contribution in [2.24, 2.45) is 0 Å². The highest BCUT2D eigenvalue weighted by atomic mass is 32.1. The number of aliphatic hydroxyl groups is 1. The summed E-state index contributed by atoms with van der Waals surface area (Å²) in [5, 5.41) is 12.2. The molecule has 0 unspecified atom stereocenters. The van der Waals surface area contributed by atoms with Gasteiger partial charge in [0.25, 0.3) is 0 Å². The molecule has 19 heavy (non-hydrogen) atoms. The minimum atomic E-state index is -0.379. The molecule has 5 heteroatoms. The predicted molar refractivity (Wildman–Crippen MR) is 72.8 cm³/mol. The summed E-state index contributed by atoms with van der Waals surface area (Å²) in [6.45, 7) is 2.20. The summed E-state index contributed by atoms with van der Waals surface area (Å²) in [6, 6.07) is 4.12. The van der Waals surface area contributed by atoms with Gasteiger partial charge in [-0.15, -0.1) is 11.3 Å². The molecule has 102 valence electrons. The van der Waals surface area contributed by atoms with Gasteiger partial charge in [-0.2, -0.15) is 0 Å². The van der Waals surface area contributed by atoms with Crippen LogP contribution in [0.25, 0.3) is 0 Å². The Morgan fingerprint density at radius 3 is 3.00 bits per heavy atom. The van der Waals surface area contributed by atoms with Gasteiger partial charge < -0.3 is 9.84 Å². The summed E-state index contributed by atoms with van der Waals surface area (Å²) >= 11 is 1.62. The third-order valence-electron chi connectivity index (χ3n) is 2.63. The zero-order valence-corrected chi connectivity index (χ0v) is 11.5. The molecule has 1 aromatic heterocycles. The Hall–Kier alpha value is -1.46. The average molecular weight is 281 g/mol. The van der Waals surface area contributed by atoms with E-state index >= 15 is 0 Å². The minimum Gasteiger partial charge on any atom is -0.487 e. The van der Waals surface area contributed by atoms with Gasteiger partial charge in [-0.05, 0) is 31.0 Å². The number of aryl methyl sites for hydroxylation is 1. The first kappa shape index (κ1) is 14.0. The van der Waals surface area contributed by atoms with Gasteiger partial charge >= 0.3 is 0 Å². The van der Waals surface area contributed by atoms with Crippen molar-refractivity contribution in [1.29, 1.82) is 0 Å². The highest BCUT2D eigenvalue weighted by molar-refractivity contribution is 7.09. The summed E-state index contributed by atoms with van der Waals surface area (Å²) in [5.74, 6) is 0.115. The standard InChI is InChI=1S/C14H16FNO2S/c1-2-3-14-16-12(9-19-14)8-18-13-5-4-11(15)6-10(13)7-17/h4-6,9,17H,2-3,7-8H2,1H3. The number of thiazole rings is 1. The molecule has 0 saturated carbocycles. The first-order valence-corrected chi connectivity index (χ1v) is 7.06. The molecule has 2 rings (SSSR count). The van der Waals surface area contributed by atoms with E-state index in [0.717, 1.165) is 23.5 Å². The monoisotopic (exact) mass is 281 g/mol. The van der Waals surface area contributed by atoms with Gasteiger partial charge in [0, 0.05) is 10.9 Å². The third-order valence-corrected chi connectivity index (χ3v) is 3.59. The third kappa shape index (κ3) is 3.75. The highest BCUT2D eigenvalue weighted by Crippen LogP contribution is 2.21. The lowest BCUT2D eigenvalue weighted by Gasteiger charge is -2.08. The molecular formula is C14H16FNO2S. The normalized spacial score (nSPS) is 10.7. The first-order chi connectivity index (χ1) is 9.22. The highest BCUT2D eigenvalue weighted by Gasteiger charge is 2.07. The molecule has 2 aromatic rings. The van der Waals surface area contributed by atoms with Crippen molar-refractivity contribution in [1.82, 2.24) is 4.98 Å². The van der Waals surface area contributed by atoms with Crippen LogP contribution in [0.15, 0.2) is 23.6 Å². The summed E-state index contributed by atoms with van der Waals surface area (Å²) in [4.78, 5) is 4.45. The molecule has 0 radical (unpaired) electrons. The Morgan fingerprint density at radius 2 is 2.26 bits per heavy atom. The molecule has 0 bridgehead atoms. The van der Waals surface area contributed by atoms with Crippen molar-refractivity contribution in [3.63, 3.8) is 0 Å². The molecule has 3 nitrogen and oxygen atoms in total. The van der Waals surface area contributed by atoms with Gasteiger partial charge in [0.15, 0.2) is 0 Å². The van der Waals surface area contributed by atoms with E-state index in [1.165, 1.54) is 18.2 Å². The molecule has 0 atom stereocenters. The van der Waals surface area contributed by atoms with E-state index in [2.05, 4.69) is 11.9 Å². The molecule has 1 N–H and O–H groups in total. The number of nitrogens with zero attached hydrogens (tertiary/aromatic N) is 1. The number of aromatic nitrogens is 1. The Bertz CT molecular complexity index is 542. The van der Waals surface area contributed by atoms with Crippen LogP contribution in [-0.2, 0) is 19.6 Å². The van der Waals surface area contributed by atoms with Crippen LogP contribution in [0.4, 0.5) is 4.39 Å². The van der Waals surface area contributed by atoms with Crippen molar-refractivity contribution in [3.05, 3.63) is 45.7 Å². The molecule has 0 amide bonds. The number of hydrogen-bond acceptors (Lipinski definition) is 4. The van der Waals surface area contributed by atoms with Crippen molar-refractivity contribution < 1.29 is 14.2 Å². The van der Waals surface area contributed by atoms with E-state index in [1.54, 1.807) is 11.3 Å². The Labute approximate surface area is 115 Å². The van der Waals surface area contributed by atoms with Crippen molar-refractivity contribution in [2.45, 2.75) is 33.0 Å². The first-order valence-electron chi connectivity index (χ1n) is 6.18. The molecule has 0 spiro atoms. The van der Waals surface area contributed by atoms with Gasteiger partial charge in [-0.1, -0.05) is 6.92 Å². The van der Waals surface area contributed by atoms with Crippen LogP contribution >= 0.6 is 11.3 Å². The second-order valence-corrected chi connectivity index (χ2v) is 5.12. The fraction of sp³-hybridized carbons (Fsp3) is 0.357. The number of halogens is 1. The second kappa shape index (κ2) is 6.63. The fourth-order valence-corrected chi connectivity index (χ4v) is 2.59. The number of ether oxygens (including phenoxy) is 1. The van der Waals surface area contributed by atoms with Gasteiger partial charge in [0.1, 0.15) is 18.2 Å². The lowest BCUT2D eigenvalue weighted by atomic mass is 10.2. The van der Waals surface area contributed by atoms with Crippen molar-refractivity contribution in [2.75, 3.05) is 0 Å². The summed E-state index contributed by atoms with van der Waals surface area (Å²) < 4.78 is 18.6. The maximum absolute atomic E-state index is 13.0. The van der Waals surface area contributed by atoms with Crippen LogP contribution in [0.5, 0.6) is 5.75 Å². The lowest BCUT2D eigenvalue weighted by molar-refractivity contribution is 0.257. The summed E-state index contributed by atoms with van der Waals surface area (Å²) in [5.41, 5.74) is 1.31. The van der Waals surface area contributed by atoms with Crippen molar-refractivity contribution in [3.8, 4) is 5.75 Å². The largest absolute Gasteiger partial charge is 0.487 e. The van der Waals surface area contributed by atoms with Gasteiger partial charge in [0.05, 0.1) is 17.3 Å². The predicted octanol–water partition coefficient (Wildman–Crippen LogP) is 3.31. The number of aliphatic hydroxyl groups excluding tert-OH is 1. The Morgan fingerprint density at radius 1 is 1.42 bits per heavy atom. The summed E-state index contributed by atoms with van der Waals surface area (Å²) in [7, 11) is 0. The van der Waals surface area contributed by atoms with Gasteiger partial charge in [-0.25, -0.2) is 9.37 Å². The molecular weight excluding hydrogens is 265 g/mol. The maximum atomic E-state index is 13.0. The van der Waals surface area contributed by atoms with Crippen LogP contribution in [-0.4, -0.2) is 10.1 Å². The minimum absolute atomic E-state index is 0.245. The lowest BCUT2D eigenvalue weighted by Crippen LogP contribution is -2.00. The molecule has 0 aliphatic heterocycles. The SMILES string of the molecule is CCCc1nc(COc2ccc(F)cc2CO)cs1. The van der Waals surface area contributed by atoms with E-state index in [-0.39, 0.29) is 12.4 Å². The van der Waals surface area contributed by atoms with Crippen LogP contribution in [0.1, 0.15) is 29.6 Å². The molecule has 1 aromatic carbocycles. The van der Waals surface area contributed by atoms with Crippen LogP contribution in [0, 0.1) is 5.82 Å². The summed E-state index contributed by atoms with van der Waals surface area (Å²) in [6.07, 6.45) is 2.05. The molecule has 0 fully saturated rings. The topological polar surface area (TPSA) is 42.4 Å². The van der Waals surface area contributed by atoms with Crippen molar-refractivity contribution >= 4 is 11.3 Å². The van der Waals surface area contributed by atoms with Gasteiger partial charge in [-0.3, -0.25) is 0 Å². The maximum Gasteiger partial charge on any atom is 0.131 e. The molecule has 0 saturated heterocycles. The van der Waals surface area contributed by atoms with E-state index in [9.17, 15) is 4.39 Å². The van der Waals surface area contributed by atoms with Crippen LogP contribution in [0.2, 0.25) is 0 Å². The zero-order valence-electron chi connectivity index (χ0n) is 10.7. The van der Waals surface area contributed by atoms with E-state index in [1.807, 2.05) is 5.38 Å². The smallest absolute Gasteiger partial charge is 0.131 e. The molecule has 0 aliphatic carbocycles. The zero-order chi connectivity index (χ0) is 13.7. The quantitative estimate of drug-likeness (QED) is 0.883. The van der Waals surface area contributed by atoms with Crippen LogP contribution < -0.4 is 4.74 Å². The van der Waals surface area contributed by atoms with E-state index < -0.39 is 0 Å². The Balaban J connectivity index is 2.01. The molecule has 1 heterocycles. The average Bonchev–Trinajstić information content (AvgIpc) is 2.85. The molecule has 0 aliphatic rings. The fourth-order valence-electron chi connectivity index (χ4n) is 1.71. The van der Waals surface area contributed by atoms with Gasteiger partial charge in [0.2, 0.25) is 0 Å².